The minimum absolute atomic E-state index is 0.176. The smallest absolute Gasteiger partial charge is 0.266 e. The molecule has 0 radical (unpaired) electrons. The summed E-state index contributed by atoms with van der Waals surface area (Å²) in [6.45, 7) is 3.05. The Kier molecular flexibility index (Phi) is 12.7. The van der Waals surface area contributed by atoms with E-state index in [0.29, 0.717) is 19.1 Å². The molecule has 0 bridgehead atoms. The highest BCUT2D eigenvalue weighted by atomic mass is 19.3. The zero-order valence-electron chi connectivity index (χ0n) is 23.8. The van der Waals surface area contributed by atoms with E-state index in [1.165, 1.54) is 128 Å². The molecule has 2 nitrogen and oxygen atoms in total. The molecule has 37 heavy (non-hydrogen) atoms. The Morgan fingerprint density at radius 3 is 1.46 bits per heavy atom. The standard InChI is InChI=1S/C33H56F2O2/c1-2-3-4-7-25-10-12-26(13-11-25)8-5-6-9-27-14-16-29(17-15-27)30-18-20-31(21-19-30)33-36-23-28(24-37-33)22-32(34)35/h22,25-31,33H,2-21,23-24H2,1H3. The van der Waals surface area contributed by atoms with Crippen molar-refractivity contribution in [1.82, 2.24) is 0 Å². The first-order valence-electron chi connectivity index (χ1n) is 16.4. The van der Waals surface area contributed by atoms with Crippen molar-refractivity contribution in [3.63, 3.8) is 0 Å². The number of ether oxygens (including phenoxy) is 2. The van der Waals surface area contributed by atoms with Crippen molar-refractivity contribution in [3.05, 3.63) is 12.2 Å². The van der Waals surface area contributed by atoms with Gasteiger partial charge in [0.1, 0.15) is 0 Å². The highest BCUT2D eigenvalue weighted by molar-refractivity contribution is 4.90. The number of unbranched alkanes of at least 4 members (excludes halogenated alkanes) is 3. The van der Waals surface area contributed by atoms with Crippen molar-refractivity contribution >= 4 is 0 Å². The van der Waals surface area contributed by atoms with Crippen LogP contribution in [-0.2, 0) is 9.47 Å². The Hall–Kier alpha value is -0.480. The third-order valence-electron chi connectivity index (χ3n) is 10.7. The van der Waals surface area contributed by atoms with Crippen LogP contribution in [0.25, 0.3) is 0 Å². The first kappa shape index (κ1) is 29.5. The third kappa shape index (κ3) is 9.89. The van der Waals surface area contributed by atoms with Crippen molar-refractivity contribution in [2.45, 2.75) is 142 Å². The fourth-order valence-corrected chi connectivity index (χ4v) is 8.27. The summed E-state index contributed by atoms with van der Waals surface area (Å²) < 4.78 is 36.6. The summed E-state index contributed by atoms with van der Waals surface area (Å²) in [5.41, 5.74) is 0. The number of rotatable bonds is 12. The molecule has 4 rings (SSSR count). The Morgan fingerprint density at radius 2 is 1.00 bits per heavy atom. The second-order valence-electron chi connectivity index (χ2n) is 13.4. The van der Waals surface area contributed by atoms with Crippen LogP contribution in [0.4, 0.5) is 8.78 Å². The van der Waals surface area contributed by atoms with E-state index in [9.17, 15) is 8.78 Å². The molecule has 0 aromatic carbocycles. The lowest BCUT2D eigenvalue weighted by Crippen LogP contribution is -2.38. The molecule has 1 aliphatic heterocycles. The Labute approximate surface area is 226 Å². The van der Waals surface area contributed by atoms with Gasteiger partial charge in [0.25, 0.3) is 6.08 Å². The second kappa shape index (κ2) is 15.9. The van der Waals surface area contributed by atoms with Gasteiger partial charge in [0.05, 0.1) is 13.2 Å². The number of hydrogen-bond donors (Lipinski definition) is 0. The van der Waals surface area contributed by atoms with E-state index >= 15 is 0 Å². The van der Waals surface area contributed by atoms with Gasteiger partial charge in [-0.3, -0.25) is 0 Å². The van der Waals surface area contributed by atoms with Gasteiger partial charge in [-0.25, -0.2) is 0 Å². The average molecular weight is 523 g/mol. The molecular weight excluding hydrogens is 466 g/mol. The van der Waals surface area contributed by atoms with E-state index in [1.54, 1.807) is 0 Å². The first-order chi connectivity index (χ1) is 18.1. The normalized spacial score (nSPS) is 37.3. The van der Waals surface area contributed by atoms with Gasteiger partial charge in [-0.05, 0) is 74.2 Å². The molecule has 4 aliphatic rings. The summed E-state index contributed by atoms with van der Waals surface area (Å²) in [6, 6.07) is 0. The quantitative estimate of drug-likeness (QED) is 0.237. The van der Waals surface area contributed by atoms with E-state index in [4.69, 9.17) is 9.47 Å². The molecule has 1 heterocycles. The second-order valence-corrected chi connectivity index (χ2v) is 13.4. The van der Waals surface area contributed by atoms with E-state index < -0.39 is 6.08 Å². The first-order valence-corrected chi connectivity index (χ1v) is 16.4. The average Bonchev–Trinajstić information content (AvgIpc) is 2.93. The van der Waals surface area contributed by atoms with Gasteiger partial charge in [0.15, 0.2) is 6.29 Å². The fraction of sp³-hybridized carbons (Fsp3) is 0.939. The molecule has 0 atom stereocenters. The van der Waals surface area contributed by atoms with Crippen LogP contribution in [0, 0.1) is 41.4 Å². The predicted molar refractivity (Wildman–Crippen MR) is 148 cm³/mol. The van der Waals surface area contributed by atoms with Crippen molar-refractivity contribution in [1.29, 1.82) is 0 Å². The molecular formula is C33H56F2O2. The summed E-state index contributed by atoms with van der Waals surface area (Å²) in [5, 5.41) is 0. The van der Waals surface area contributed by atoms with Crippen molar-refractivity contribution in [3.8, 4) is 0 Å². The lowest BCUT2D eigenvalue weighted by molar-refractivity contribution is -0.223. The summed E-state index contributed by atoms with van der Waals surface area (Å²) in [7, 11) is 0. The van der Waals surface area contributed by atoms with Gasteiger partial charge in [-0.2, -0.15) is 8.78 Å². The summed E-state index contributed by atoms with van der Waals surface area (Å²) >= 11 is 0. The van der Waals surface area contributed by atoms with Crippen LogP contribution >= 0.6 is 0 Å². The monoisotopic (exact) mass is 522 g/mol. The van der Waals surface area contributed by atoms with Gasteiger partial charge in [0.2, 0.25) is 0 Å². The minimum atomic E-state index is -1.63. The van der Waals surface area contributed by atoms with E-state index in [1.807, 2.05) is 0 Å². The van der Waals surface area contributed by atoms with Crippen LogP contribution in [0.3, 0.4) is 0 Å². The molecule has 3 saturated carbocycles. The Balaban J connectivity index is 1.02. The lowest BCUT2D eigenvalue weighted by Gasteiger charge is -2.40. The third-order valence-corrected chi connectivity index (χ3v) is 10.7. The molecule has 0 spiro atoms. The highest BCUT2D eigenvalue weighted by Crippen LogP contribution is 2.44. The number of halogens is 2. The molecule has 0 aromatic rings. The Morgan fingerprint density at radius 1 is 0.595 bits per heavy atom. The fourth-order valence-electron chi connectivity index (χ4n) is 8.27. The van der Waals surface area contributed by atoms with Crippen LogP contribution < -0.4 is 0 Å². The molecule has 0 amide bonds. The van der Waals surface area contributed by atoms with Crippen molar-refractivity contribution in [2.75, 3.05) is 13.2 Å². The van der Waals surface area contributed by atoms with Crippen LogP contribution in [0.2, 0.25) is 0 Å². The van der Waals surface area contributed by atoms with Crippen LogP contribution in [0.1, 0.15) is 135 Å². The summed E-state index contributed by atoms with van der Waals surface area (Å²) in [4.78, 5) is 0. The van der Waals surface area contributed by atoms with Crippen molar-refractivity contribution < 1.29 is 18.3 Å². The highest BCUT2D eigenvalue weighted by Gasteiger charge is 2.35. The van der Waals surface area contributed by atoms with Crippen molar-refractivity contribution in [2.24, 2.45) is 41.4 Å². The van der Waals surface area contributed by atoms with E-state index in [-0.39, 0.29) is 12.2 Å². The molecule has 0 N–H and O–H groups in total. The maximum atomic E-state index is 12.5. The molecule has 0 unspecified atom stereocenters. The molecule has 1 saturated heterocycles. The van der Waals surface area contributed by atoms with Gasteiger partial charge >= 0.3 is 0 Å². The summed E-state index contributed by atoms with van der Waals surface area (Å²) in [6.07, 6.45) is 27.7. The topological polar surface area (TPSA) is 18.5 Å². The van der Waals surface area contributed by atoms with Gasteiger partial charge < -0.3 is 9.47 Å². The zero-order valence-corrected chi connectivity index (χ0v) is 23.8. The molecule has 3 aliphatic carbocycles. The molecule has 214 valence electrons. The minimum Gasteiger partial charge on any atom is -0.352 e. The Bertz CT molecular complexity index is 631. The molecule has 4 fully saturated rings. The van der Waals surface area contributed by atoms with E-state index in [0.717, 1.165) is 35.7 Å². The molecule has 4 heteroatoms. The predicted octanol–water partition coefficient (Wildman–Crippen LogP) is 10.3. The maximum Gasteiger partial charge on any atom is 0.266 e. The van der Waals surface area contributed by atoms with E-state index in [2.05, 4.69) is 6.92 Å². The summed E-state index contributed by atoms with van der Waals surface area (Å²) in [5.74, 6) is 5.04. The van der Waals surface area contributed by atoms with Gasteiger partial charge in [-0.1, -0.05) is 96.8 Å². The van der Waals surface area contributed by atoms with Crippen LogP contribution in [-0.4, -0.2) is 19.5 Å². The van der Waals surface area contributed by atoms with Crippen LogP contribution in [0.15, 0.2) is 12.2 Å². The lowest BCUT2D eigenvalue weighted by atomic mass is 9.68. The number of hydrogen-bond acceptors (Lipinski definition) is 2. The zero-order chi connectivity index (χ0) is 25.9. The largest absolute Gasteiger partial charge is 0.352 e. The SMILES string of the molecule is CCCCCC1CCC(CCCCC2CCC(C3CCC(C4OCC(C=C(F)F)CO4)CC3)CC2)CC1. The maximum absolute atomic E-state index is 12.5. The van der Waals surface area contributed by atoms with Gasteiger partial charge in [0, 0.05) is 11.8 Å². The van der Waals surface area contributed by atoms with Crippen LogP contribution in [0.5, 0.6) is 0 Å². The molecule has 0 aromatic heterocycles. The van der Waals surface area contributed by atoms with Gasteiger partial charge in [-0.15, -0.1) is 0 Å².